The van der Waals surface area contributed by atoms with E-state index in [2.05, 4.69) is 4.98 Å². The predicted molar refractivity (Wildman–Crippen MR) is 70.2 cm³/mol. The van der Waals surface area contributed by atoms with Gasteiger partial charge in [-0.05, 0) is 36.1 Å². The molecule has 0 saturated heterocycles. The van der Waals surface area contributed by atoms with Gasteiger partial charge in [-0.25, -0.2) is 9.78 Å². The number of aromatic carboxylic acids is 1. The average molecular weight is 258 g/mol. The number of nitrogens with zero attached hydrogens (tertiary/aromatic N) is 2. The Bertz CT molecular complexity index is 742. The van der Waals surface area contributed by atoms with Crippen LogP contribution in [0, 0.1) is 6.92 Å². The molecule has 5 heteroatoms. The van der Waals surface area contributed by atoms with E-state index < -0.39 is 5.97 Å². The summed E-state index contributed by atoms with van der Waals surface area (Å²) in [6.07, 6.45) is 3.64. The van der Waals surface area contributed by atoms with E-state index >= 15 is 0 Å². The highest BCUT2D eigenvalue weighted by Crippen LogP contribution is 2.28. The van der Waals surface area contributed by atoms with Crippen molar-refractivity contribution in [2.45, 2.75) is 6.92 Å². The number of carbonyl (C=O) groups is 1. The summed E-state index contributed by atoms with van der Waals surface area (Å²) in [6.45, 7) is 2.04. The van der Waals surface area contributed by atoms with E-state index in [9.17, 15) is 4.79 Å². The second kappa shape index (κ2) is 3.96. The van der Waals surface area contributed by atoms with Crippen molar-refractivity contribution in [1.82, 2.24) is 9.38 Å². The Morgan fingerprint density at radius 1 is 1.44 bits per heavy atom. The molecule has 1 N–H and O–H groups in total. The molecule has 0 saturated carbocycles. The Labute approximate surface area is 107 Å². The van der Waals surface area contributed by atoms with Crippen LogP contribution < -0.4 is 0 Å². The Morgan fingerprint density at radius 2 is 2.28 bits per heavy atom. The summed E-state index contributed by atoms with van der Waals surface area (Å²) < 4.78 is 1.83. The van der Waals surface area contributed by atoms with Crippen LogP contribution in [0.25, 0.3) is 16.2 Å². The molecule has 3 heterocycles. The van der Waals surface area contributed by atoms with Crippen LogP contribution in [0.15, 0.2) is 36.0 Å². The van der Waals surface area contributed by atoms with E-state index in [4.69, 9.17) is 5.11 Å². The standard InChI is InChI=1S/C13H10N2O2S/c1-8-3-5-18-12(8)10-7-15-4-2-9(13(16)17)6-11(15)14-10/h2-7H,1H3,(H,16,17). The normalized spacial score (nSPS) is 10.9. The minimum atomic E-state index is -0.936. The minimum absolute atomic E-state index is 0.252. The van der Waals surface area contributed by atoms with Crippen molar-refractivity contribution < 1.29 is 9.90 Å². The summed E-state index contributed by atoms with van der Waals surface area (Å²) >= 11 is 1.64. The summed E-state index contributed by atoms with van der Waals surface area (Å²) in [5, 5.41) is 11.0. The van der Waals surface area contributed by atoms with Crippen molar-refractivity contribution >= 4 is 23.0 Å². The van der Waals surface area contributed by atoms with Crippen LogP contribution >= 0.6 is 11.3 Å². The maximum atomic E-state index is 10.9. The molecule has 0 spiro atoms. The van der Waals surface area contributed by atoms with Gasteiger partial charge in [-0.3, -0.25) is 0 Å². The molecular formula is C13H10N2O2S. The molecule has 0 atom stereocenters. The number of fused-ring (bicyclic) bond motifs is 1. The quantitative estimate of drug-likeness (QED) is 0.768. The highest BCUT2D eigenvalue weighted by Gasteiger charge is 2.10. The number of pyridine rings is 1. The van der Waals surface area contributed by atoms with Crippen LogP contribution in [-0.4, -0.2) is 20.5 Å². The van der Waals surface area contributed by atoms with E-state index in [1.807, 2.05) is 29.0 Å². The monoisotopic (exact) mass is 258 g/mol. The zero-order valence-corrected chi connectivity index (χ0v) is 10.4. The summed E-state index contributed by atoms with van der Waals surface area (Å²) in [5.41, 5.74) is 2.96. The summed E-state index contributed by atoms with van der Waals surface area (Å²) in [5.74, 6) is -0.936. The van der Waals surface area contributed by atoms with Crippen molar-refractivity contribution in [3.05, 3.63) is 47.1 Å². The molecule has 4 nitrogen and oxygen atoms in total. The molecule has 3 rings (SSSR count). The first-order valence-electron chi connectivity index (χ1n) is 5.41. The number of carboxylic acids is 1. The van der Waals surface area contributed by atoms with Gasteiger partial charge in [-0.2, -0.15) is 0 Å². The van der Waals surface area contributed by atoms with Crippen LogP contribution in [0.1, 0.15) is 15.9 Å². The van der Waals surface area contributed by atoms with Crippen LogP contribution in [0.3, 0.4) is 0 Å². The predicted octanol–water partition coefficient (Wildman–Crippen LogP) is 3.07. The molecule has 0 amide bonds. The molecule has 0 aliphatic heterocycles. The topological polar surface area (TPSA) is 54.6 Å². The number of hydrogen-bond donors (Lipinski definition) is 1. The van der Waals surface area contributed by atoms with Gasteiger partial charge in [0.2, 0.25) is 0 Å². The van der Waals surface area contributed by atoms with Crippen LogP contribution in [-0.2, 0) is 0 Å². The van der Waals surface area contributed by atoms with Crippen LogP contribution in [0.5, 0.6) is 0 Å². The maximum Gasteiger partial charge on any atom is 0.335 e. The average Bonchev–Trinajstić information content (AvgIpc) is 2.92. The van der Waals surface area contributed by atoms with Crippen LogP contribution in [0.2, 0.25) is 0 Å². The Kier molecular flexibility index (Phi) is 2.41. The lowest BCUT2D eigenvalue weighted by molar-refractivity contribution is 0.0697. The Morgan fingerprint density at radius 3 is 2.94 bits per heavy atom. The highest BCUT2D eigenvalue weighted by atomic mass is 32.1. The molecule has 3 aromatic rings. The van der Waals surface area contributed by atoms with Gasteiger partial charge in [0.15, 0.2) is 0 Å². The zero-order chi connectivity index (χ0) is 12.7. The lowest BCUT2D eigenvalue weighted by Crippen LogP contribution is -1.96. The summed E-state index contributed by atoms with van der Waals surface area (Å²) in [7, 11) is 0. The van der Waals surface area contributed by atoms with Gasteiger partial charge < -0.3 is 9.51 Å². The fraction of sp³-hybridized carbons (Fsp3) is 0.0769. The van der Waals surface area contributed by atoms with E-state index in [-0.39, 0.29) is 5.56 Å². The first-order chi connectivity index (χ1) is 8.65. The molecule has 0 unspecified atom stereocenters. The molecule has 0 aliphatic carbocycles. The molecular weight excluding hydrogens is 248 g/mol. The van der Waals surface area contributed by atoms with Gasteiger partial charge in [-0.1, -0.05) is 0 Å². The molecule has 0 radical (unpaired) electrons. The largest absolute Gasteiger partial charge is 0.478 e. The molecule has 3 aromatic heterocycles. The second-order valence-electron chi connectivity index (χ2n) is 4.04. The smallest absolute Gasteiger partial charge is 0.335 e. The first kappa shape index (κ1) is 11.0. The van der Waals surface area contributed by atoms with Gasteiger partial charge in [0.05, 0.1) is 16.1 Å². The first-order valence-corrected chi connectivity index (χ1v) is 6.29. The second-order valence-corrected chi connectivity index (χ2v) is 4.96. The van der Waals surface area contributed by atoms with Crippen molar-refractivity contribution in [2.75, 3.05) is 0 Å². The Balaban J connectivity index is 2.17. The van der Waals surface area contributed by atoms with Gasteiger partial charge in [0, 0.05) is 12.4 Å². The lowest BCUT2D eigenvalue weighted by atomic mass is 10.2. The van der Waals surface area contributed by atoms with E-state index in [1.165, 1.54) is 5.56 Å². The number of carboxylic acid groups (broad SMARTS) is 1. The van der Waals surface area contributed by atoms with Gasteiger partial charge >= 0.3 is 5.97 Å². The fourth-order valence-electron chi connectivity index (χ4n) is 1.86. The summed E-state index contributed by atoms with van der Waals surface area (Å²) in [4.78, 5) is 16.5. The maximum absolute atomic E-state index is 10.9. The molecule has 0 bridgehead atoms. The molecule has 18 heavy (non-hydrogen) atoms. The number of hydrogen-bond acceptors (Lipinski definition) is 3. The fourth-order valence-corrected chi connectivity index (χ4v) is 2.74. The molecule has 0 aromatic carbocycles. The third-order valence-electron chi connectivity index (χ3n) is 2.80. The molecule has 0 aliphatic rings. The highest BCUT2D eigenvalue weighted by molar-refractivity contribution is 7.13. The molecule has 90 valence electrons. The number of imidazole rings is 1. The number of aryl methyl sites for hydroxylation is 1. The van der Waals surface area contributed by atoms with E-state index in [0.717, 1.165) is 10.6 Å². The SMILES string of the molecule is Cc1ccsc1-c1cn2ccc(C(=O)O)cc2n1. The van der Waals surface area contributed by atoms with Crippen molar-refractivity contribution in [3.8, 4) is 10.6 Å². The van der Waals surface area contributed by atoms with Crippen molar-refractivity contribution in [2.24, 2.45) is 0 Å². The third kappa shape index (κ3) is 1.69. The molecule has 0 fully saturated rings. The number of thiophene rings is 1. The minimum Gasteiger partial charge on any atom is -0.478 e. The summed E-state index contributed by atoms with van der Waals surface area (Å²) in [6, 6.07) is 5.20. The van der Waals surface area contributed by atoms with Crippen LogP contribution in [0.4, 0.5) is 0 Å². The lowest BCUT2D eigenvalue weighted by Gasteiger charge is -1.94. The van der Waals surface area contributed by atoms with Gasteiger partial charge in [-0.15, -0.1) is 11.3 Å². The van der Waals surface area contributed by atoms with E-state index in [0.29, 0.717) is 5.65 Å². The van der Waals surface area contributed by atoms with Crippen molar-refractivity contribution in [3.63, 3.8) is 0 Å². The Hall–Kier alpha value is -2.14. The van der Waals surface area contributed by atoms with Gasteiger partial charge in [0.1, 0.15) is 5.65 Å². The van der Waals surface area contributed by atoms with E-state index in [1.54, 1.807) is 29.7 Å². The van der Waals surface area contributed by atoms with Gasteiger partial charge in [0.25, 0.3) is 0 Å². The third-order valence-corrected chi connectivity index (χ3v) is 3.84. The number of rotatable bonds is 2. The zero-order valence-electron chi connectivity index (χ0n) is 9.62. The van der Waals surface area contributed by atoms with Crippen molar-refractivity contribution in [1.29, 1.82) is 0 Å². The number of aromatic nitrogens is 2.